The monoisotopic (exact) mass is 207 g/mol. The molecule has 2 atom stereocenters. The molecule has 0 aliphatic rings. The lowest BCUT2D eigenvalue weighted by Crippen LogP contribution is -2.20. The number of benzene rings is 1. The molecule has 0 heterocycles. The van der Waals surface area contributed by atoms with Gasteiger partial charge in [0.25, 0.3) is 0 Å². The minimum Gasteiger partial charge on any atom is -0.481 e. The molecule has 0 fully saturated rings. The van der Waals surface area contributed by atoms with Crippen LogP contribution in [0.4, 0.5) is 5.69 Å². The van der Waals surface area contributed by atoms with Crippen LogP contribution in [0.25, 0.3) is 0 Å². The average Bonchev–Trinajstić information content (AvgIpc) is 2.20. The minimum absolute atomic E-state index is 0.550. The van der Waals surface area contributed by atoms with Crippen molar-refractivity contribution in [1.29, 1.82) is 0 Å². The van der Waals surface area contributed by atoms with Crippen LogP contribution in [-0.2, 0) is 9.59 Å². The number of carboxylic acids is 1. The van der Waals surface area contributed by atoms with Crippen molar-refractivity contribution in [3.8, 4) is 0 Å². The Kier molecular flexibility index (Phi) is 3.44. The van der Waals surface area contributed by atoms with Crippen molar-refractivity contribution < 1.29 is 14.7 Å². The van der Waals surface area contributed by atoms with Gasteiger partial charge in [0, 0.05) is 11.6 Å². The van der Waals surface area contributed by atoms with E-state index in [4.69, 9.17) is 10.8 Å². The Balaban J connectivity index is 3.04. The van der Waals surface area contributed by atoms with Crippen LogP contribution < -0.4 is 5.73 Å². The molecule has 4 heteroatoms. The van der Waals surface area contributed by atoms with Crippen molar-refractivity contribution in [2.75, 3.05) is 5.73 Å². The van der Waals surface area contributed by atoms with Gasteiger partial charge in [0.1, 0.15) is 6.29 Å². The third-order valence-corrected chi connectivity index (χ3v) is 2.30. The fraction of sp³-hybridized carbons (Fsp3) is 0.273. The van der Waals surface area contributed by atoms with Crippen LogP contribution in [-0.4, -0.2) is 17.4 Å². The van der Waals surface area contributed by atoms with Crippen molar-refractivity contribution in [2.45, 2.75) is 12.8 Å². The number of rotatable bonds is 4. The zero-order valence-electron chi connectivity index (χ0n) is 8.38. The molecule has 1 aromatic rings. The van der Waals surface area contributed by atoms with Crippen molar-refractivity contribution >= 4 is 17.9 Å². The third-order valence-electron chi connectivity index (χ3n) is 2.30. The molecule has 0 aromatic heterocycles. The van der Waals surface area contributed by atoms with Crippen LogP contribution in [0.1, 0.15) is 18.4 Å². The lowest BCUT2D eigenvalue weighted by atomic mass is 9.88. The minimum atomic E-state index is -1.00. The highest BCUT2D eigenvalue weighted by Crippen LogP contribution is 2.24. The van der Waals surface area contributed by atoms with Crippen LogP contribution in [0.15, 0.2) is 24.3 Å². The van der Waals surface area contributed by atoms with E-state index < -0.39 is 17.8 Å². The number of nitrogen functional groups attached to an aromatic ring is 1. The number of carboxylic acid groups (broad SMARTS) is 1. The van der Waals surface area contributed by atoms with Gasteiger partial charge in [-0.2, -0.15) is 0 Å². The molecule has 3 N–H and O–H groups in total. The van der Waals surface area contributed by atoms with Gasteiger partial charge in [-0.15, -0.1) is 0 Å². The van der Waals surface area contributed by atoms with E-state index in [9.17, 15) is 9.59 Å². The van der Waals surface area contributed by atoms with Crippen LogP contribution in [0, 0.1) is 5.92 Å². The Morgan fingerprint density at radius 2 is 1.93 bits per heavy atom. The summed E-state index contributed by atoms with van der Waals surface area (Å²) in [5.74, 6) is -2.35. The molecule has 0 saturated heterocycles. The van der Waals surface area contributed by atoms with Gasteiger partial charge in [-0.25, -0.2) is 0 Å². The third kappa shape index (κ3) is 2.56. The van der Waals surface area contributed by atoms with E-state index >= 15 is 0 Å². The normalized spacial score (nSPS) is 14.2. The molecule has 80 valence electrons. The quantitative estimate of drug-likeness (QED) is 0.575. The van der Waals surface area contributed by atoms with Gasteiger partial charge in [-0.1, -0.05) is 19.1 Å². The average molecular weight is 207 g/mol. The Hall–Kier alpha value is -1.84. The lowest BCUT2D eigenvalue weighted by Gasteiger charge is -2.15. The summed E-state index contributed by atoms with van der Waals surface area (Å²) < 4.78 is 0. The second-order valence-electron chi connectivity index (χ2n) is 3.48. The van der Waals surface area contributed by atoms with Gasteiger partial charge in [0.05, 0.1) is 5.92 Å². The molecule has 0 bridgehead atoms. The highest BCUT2D eigenvalue weighted by atomic mass is 16.4. The summed E-state index contributed by atoms with van der Waals surface area (Å²) in [6, 6.07) is 6.52. The Bertz CT molecular complexity index is 359. The van der Waals surface area contributed by atoms with Crippen LogP contribution >= 0.6 is 0 Å². The molecular formula is C11H13NO3. The highest BCUT2D eigenvalue weighted by Gasteiger charge is 2.25. The fourth-order valence-electron chi connectivity index (χ4n) is 1.45. The number of hydrogen-bond donors (Lipinski definition) is 2. The summed E-state index contributed by atoms with van der Waals surface area (Å²) in [5, 5.41) is 9.01. The maximum absolute atomic E-state index is 11.0. The Morgan fingerprint density at radius 3 is 2.33 bits per heavy atom. The number of carbonyl (C=O) groups is 2. The first-order valence-corrected chi connectivity index (χ1v) is 4.59. The van der Waals surface area contributed by atoms with E-state index in [2.05, 4.69) is 0 Å². The van der Waals surface area contributed by atoms with Crippen LogP contribution in [0.3, 0.4) is 0 Å². The van der Waals surface area contributed by atoms with E-state index in [0.717, 1.165) is 0 Å². The molecule has 0 spiro atoms. The summed E-state index contributed by atoms with van der Waals surface area (Å²) in [6.45, 7) is 1.59. The molecule has 4 nitrogen and oxygen atoms in total. The Labute approximate surface area is 87.7 Å². The summed E-state index contributed by atoms with van der Waals surface area (Å²) in [6.07, 6.45) is 0.648. The van der Waals surface area contributed by atoms with E-state index in [1.54, 1.807) is 31.2 Å². The van der Waals surface area contributed by atoms with E-state index in [1.807, 2.05) is 0 Å². The summed E-state index contributed by atoms with van der Waals surface area (Å²) in [5.41, 5.74) is 6.66. The van der Waals surface area contributed by atoms with Crippen molar-refractivity contribution in [2.24, 2.45) is 5.92 Å². The SMILES string of the molecule is CC(C=O)C(C(=O)O)c1ccc(N)cc1. The molecule has 15 heavy (non-hydrogen) atoms. The predicted molar refractivity (Wildman–Crippen MR) is 56.5 cm³/mol. The first kappa shape index (κ1) is 11.2. The molecule has 1 aromatic carbocycles. The summed E-state index contributed by atoms with van der Waals surface area (Å²) in [7, 11) is 0. The molecule has 0 amide bonds. The van der Waals surface area contributed by atoms with E-state index in [1.165, 1.54) is 0 Å². The molecule has 0 saturated carbocycles. The van der Waals surface area contributed by atoms with Crippen molar-refractivity contribution in [3.05, 3.63) is 29.8 Å². The molecule has 0 aliphatic heterocycles. The first-order chi connectivity index (χ1) is 7.06. The van der Waals surface area contributed by atoms with Gasteiger partial charge in [0.2, 0.25) is 0 Å². The molecule has 0 aliphatic carbocycles. The topological polar surface area (TPSA) is 80.4 Å². The molecular weight excluding hydrogens is 194 g/mol. The molecule has 0 radical (unpaired) electrons. The maximum atomic E-state index is 11.0. The van der Waals surface area contributed by atoms with E-state index in [-0.39, 0.29) is 0 Å². The second-order valence-corrected chi connectivity index (χ2v) is 3.48. The van der Waals surface area contributed by atoms with Gasteiger partial charge in [-0.05, 0) is 17.7 Å². The van der Waals surface area contributed by atoms with Crippen LogP contribution in [0.2, 0.25) is 0 Å². The van der Waals surface area contributed by atoms with Gasteiger partial charge < -0.3 is 15.6 Å². The van der Waals surface area contributed by atoms with Crippen molar-refractivity contribution in [1.82, 2.24) is 0 Å². The molecule has 1 rings (SSSR count). The van der Waals surface area contributed by atoms with E-state index in [0.29, 0.717) is 17.5 Å². The first-order valence-electron chi connectivity index (χ1n) is 4.59. The van der Waals surface area contributed by atoms with Gasteiger partial charge in [-0.3, -0.25) is 4.79 Å². The number of carbonyl (C=O) groups excluding carboxylic acids is 1. The zero-order chi connectivity index (χ0) is 11.4. The van der Waals surface area contributed by atoms with Crippen molar-refractivity contribution in [3.63, 3.8) is 0 Å². The standard InChI is InChI=1S/C11H13NO3/c1-7(6-13)10(11(14)15)8-2-4-9(12)5-3-8/h2-7,10H,12H2,1H3,(H,14,15). The summed E-state index contributed by atoms with van der Waals surface area (Å²) >= 11 is 0. The lowest BCUT2D eigenvalue weighted by molar-refractivity contribution is -0.141. The number of hydrogen-bond acceptors (Lipinski definition) is 3. The number of anilines is 1. The maximum Gasteiger partial charge on any atom is 0.311 e. The fourth-order valence-corrected chi connectivity index (χ4v) is 1.45. The number of aliphatic carboxylic acids is 1. The number of nitrogens with two attached hydrogens (primary N) is 1. The summed E-state index contributed by atoms with van der Waals surface area (Å²) in [4.78, 5) is 21.6. The number of aldehydes is 1. The Morgan fingerprint density at radius 1 is 1.40 bits per heavy atom. The second kappa shape index (κ2) is 4.59. The molecule has 2 unspecified atom stereocenters. The van der Waals surface area contributed by atoms with Gasteiger partial charge in [0.15, 0.2) is 0 Å². The largest absolute Gasteiger partial charge is 0.481 e. The smallest absolute Gasteiger partial charge is 0.311 e. The highest BCUT2D eigenvalue weighted by molar-refractivity contribution is 5.80. The zero-order valence-corrected chi connectivity index (χ0v) is 8.38. The predicted octanol–water partition coefficient (Wildman–Crippen LogP) is 1.27. The van der Waals surface area contributed by atoms with Gasteiger partial charge >= 0.3 is 5.97 Å². The van der Waals surface area contributed by atoms with Crippen LogP contribution in [0.5, 0.6) is 0 Å².